The van der Waals surface area contributed by atoms with Crippen LogP contribution in [-0.4, -0.2) is 17.9 Å². The van der Waals surface area contributed by atoms with Crippen molar-refractivity contribution in [2.75, 3.05) is 0 Å². The Hall–Kier alpha value is -1.63. The van der Waals surface area contributed by atoms with Gasteiger partial charge in [0.15, 0.2) is 5.78 Å². The predicted molar refractivity (Wildman–Crippen MR) is 94.2 cm³/mol. The number of fused-ring (bicyclic) bond motifs is 3. The Kier molecular flexibility index (Phi) is 4.79. The molecule has 0 aromatic carbocycles. The summed E-state index contributed by atoms with van der Waals surface area (Å²) in [6, 6.07) is 2.54. The topological polar surface area (TPSA) is 67.2 Å². The summed E-state index contributed by atoms with van der Waals surface area (Å²) in [5.74, 6) is 0.875. The molecule has 0 saturated heterocycles. The maximum atomic E-state index is 12.1. The molecule has 7 atom stereocenters. The van der Waals surface area contributed by atoms with Gasteiger partial charge in [-0.3, -0.25) is 9.59 Å². The smallest absolute Gasteiger partial charge is 0.302 e. The Morgan fingerprint density at radius 3 is 2.76 bits per heavy atom. The lowest BCUT2D eigenvalue weighted by atomic mass is 9.48. The molecule has 0 radical (unpaired) electrons. The zero-order chi connectivity index (χ0) is 18.4. The van der Waals surface area contributed by atoms with E-state index < -0.39 is 0 Å². The minimum absolute atomic E-state index is 0.0231. The highest BCUT2D eigenvalue weighted by Crippen LogP contribution is 2.59. The lowest BCUT2D eigenvalue weighted by molar-refractivity contribution is -0.154. The molecule has 25 heavy (non-hydrogen) atoms. The van der Waals surface area contributed by atoms with Crippen LogP contribution in [0.15, 0.2) is 11.6 Å². The van der Waals surface area contributed by atoms with Crippen molar-refractivity contribution >= 4 is 11.8 Å². The average Bonchev–Trinajstić information content (AvgIpc) is 2.56. The van der Waals surface area contributed by atoms with Crippen molar-refractivity contribution in [2.24, 2.45) is 35.0 Å². The number of ketones is 1. The van der Waals surface area contributed by atoms with Crippen LogP contribution in [0.4, 0.5) is 0 Å². The van der Waals surface area contributed by atoms with Gasteiger partial charge in [-0.2, -0.15) is 5.26 Å². The number of carbonyl (C=O) groups is 2. The molecule has 3 aliphatic rings. The Balaban J connectivity index is 2.00. The zero-order valence-corrected chi connectivity index (χ0v) is 15.7. The summed E-state index contributed by atoms with van der Waals surface area (Å²) >= 11 is 0. The molecule has 0 aliphatic heterocycles. The van der Waals surface area contributed by atoms with Crippen LogP contribution in [0.1, 0.15) is 59.8 Å². The van der Waals surface area contributed by atoms with Gasteiger partial charge in [-0.1, -0.05) is 32.8 Å². The molecule has 0 aromatic heterocycles. The van der Waals surface area contributed by atoms with Crippen LogP contribution in [0.5, 0.6) is 0 Å². The summed E-state index contributed by atoms with van der Waals surface area (Å²) < 4.78 is 5.58. The molecule has 0 spiro atoms. The fraction of sp³-hybridized carbons (Fsp3) is 0.762. The molecule has 4 nitrogen and oxygen atoms in total. The van der Waals surface area contributed by atoms with Gasteiger partial charge >= 0.3 is 5.97 Å². The van der Waals surface area contributed by atoms with Gasteiger partial charge in [-0.05, 0) is 48.5 Å². The average molecular weight is 343 g/mol. The van der Waals surface area contributed by atoms with Gasteiger partial charge in [0.1, 0.15) is 6.10 Å². The first-order valence-corrected chi connectivity index (χ1v) is 9.61. The first kappa shape index (κ1) is 18.2. The van der Waals surface area contributed by atoms with Crippen LogP contribution in [0, 0.1) is 46.3 Å². The number of allylic oxidation sites excluding steroid dienone is 1. The predicted octanol–water partition coefficient (Wildman–Crippen LogP) is 4.06. The molecule has 4 heteroatoms. The molecule has 0 amide bonds. The molecule has 0 bridgehead atoms. The zero-order valence-electron chi connectivity index (χ0n) is 15.7. The number of hydrogen-bond acceptors (Lipinski definition) is 4. The number of carbonyl (C=O) groups excluding carboxylic acids is 2. The van der Waals surface area contributed by atoms with Gasteiger partial charge in [0.2, 0.25) is 0 Å². The van der Waals surface area contributed by atoms with E-state index in [0.29, 0.717) is 24.2 Å². The van der Waals surface area contributed by atoms with Crippen molar-refractivity contribution in [3.05, 3.63) is 11.6 Å². The highest BCUT2D eigenvalue weighted by Gasteiger charge is 2.54. The lowest BCUT2D eigenvalue weighted by Gasteiger charge is -2.56. The minimum Gasteiger partial charge on any atom is -0.461 e. The number of nitrogens with zero attached hydrogens (tertiary/aromatic N) is 1. The second-order valence-corrected chi connectivity index (χ2v) is 8.58. The molecule has 136 valence electrons. The van der Waals surface area contributed by atoms with Crippen LogP contribution < -0.4 is 0 Å². The second kappa shape index (κ2) is 6.59. The van der Waals surface area contributed by atoms with E-state index in [9.17, 15) is 14.9 Å². The van der Waals surface area contributed by atoms with Crippen molar-refractivity contribution in [1.82, 2.24) is 0 Å². The van der Waals surface area contributed by atoms with E-state index in [1.54, 1.807) is 6.08 Å². The summed E-state index contributed by atoms with van der Waals surface area (Å²) in [4.78, 5) is 23.7. The number of ether oxygens (including phenoxy) is 1. The summed E-state index contributed by atoms with van der Waals surface area (Å²) in [7, 11) is 0. The van der Waals surface area contributed by atoms with Gasteiger partial charge in [-0.15, -0.1) is 0 Å². The molecular formula is C21H29NO3. The van der Waals surface area contributed by atoms with E-state index >= 15 is 0 Å². The van der Waals surface area contributed by atoms with Gasteiger partial charge in [0, 0.05) is 19.3 Å². The lowest BCUT2D eigenvalue weighted by Crippen LogP contribution is -2.52. The summed E-state index contributed by atoms with van der Waals surface area (Å²) in [5.41, 5.74) is 1.31. The number of rotatable bonds is 2. The van der Waals surface area contributed by atoms with Crippen LogP contribution in [0.3, 0.4) is 0 Å². The van der Waals surface area contributed by atoms with Gasteiger partial charge in [0.25, 0.3) is 0 Å². The van der Waals surface area contributed by atoms with E-state index in [4.69, 9.17) is 4.74 Å². The Morgan fingerprint density at radius 2 is 2.16 bits per heavy atom. The third-order valence-electron chi connectivity index (χ3n) is 7.47. The van der Waals surface area contributed by atoms with E-state index in [2.05, 4.69) is 26.8 Å². The summed E-state index contributed by atoms with van der Waals surface area (Å²) in [6.45, 7) is 8.31. The van der Waals surface area contributed by atoms with Gasteiger partial charge in [-0.25, -0.2) is 0 Å². The van der Waals surface area contributed by atoms with Crippen LogP contribution in [0.2, 0.25) is 0 Å². The number of esters is 1. The summed E-state index contributed by atoms with van der Waals surface area (Å²) in [5, 5.41) is 9.81. The fourth-order valence-electron chi connectivity index (χ4n) is 5.84. The maximum absolute atomic E-state index is 12.1. The first-order chi connectivity index (χ1) is 11.8. The van der Waals surface area contributed by atoms with Crippen molar-refractivity contribution in [2.45, 2.75) is 65.9 Å². The molecule has 2 fully saturated rings. The first-order valence-electron chi connectivity index (χ1n) is 9.61. The SMILES string of the molecule is CC[C@@]1(C)CC[C@H]2[C@@H]([C@H](C#N)CC3=CC(=O)CC(OC(C)=O)[C@@H]32)[C@@H]1C. The van der Waals surface area contributed by atoms with Crippen LogP contribution >= 0.6 is 0 Å². The third-order valence-corrected chi connectivity index (χ3v) is 7.47. The van der Waals surface area contributed by atoms with Crippen LogP contribution in [0.25, 0.3) is 0 Å². The van der Waals surface area contributed by atoms with Crippen molar-refractivity contribution in [1.29, 1.82) is 5.26 Å². The summed E-state index contributed by atoms with van der Waals surface area (Å²) in [6.07, 6.45) is 5.62. The van der Waals surface area contributed by atoms with E-state index in [1.807, 2.05) is 0 Å². The standard InChI is InChI=1S/C21H29NO3/c1-5-21(4)7-6-17-19(12(21)2)15(11-22)8-14-9-16(24)10-18(20(14)17)25-13(3)23/h9,12,15,17-20H,5-8,10H2,1-4H3/t12-,15-,17-,18?,19+,20-,21-/m0/s1. The number of nitriles is 1. The Bertz CT molecular complexity index is 646. The maximum Gasteiger partial charge on any atom is 0.302 e. The Labute approximate surface area is 150 Å². The van der Waals surface area contributed by atoms with Gasteiger partial charge in [0.05, 0.1) is 12.0 Å². The molecule has 2 saturated carbocycles. The molecule has 3 aliphatic carbocycles. The molecule has 1 unspecified atom stereocenters. The highest BCUT2D eigenvalue weighted by atomic mass is 16.5. The molecule has 0 heterocycles. The largest absolute Gasteiger partial charge is 0.461 e. The molecular weight excluding hydrogens is 314 g/mol. The number of hydrogen-bond donors (Lipinski definition) is 0. The fourth-order valence-corrected chi connectivity index (χ4v) is 5.84. The quantitative estimate of drug-likeness (QED) is 0.709. The van der Waals surface area contributed by atoms with Gasteiger partial charge < -0.3 is 4.74 Å². The molecule has 0 aromatic rings. The monoisotopic (exact) mass is 343 g/mol. The second-order valence-electron chi connectivity index (χ2n) is 8.58. The van der Waals surface area contributed by atoms with Crippen molar-refractivity contribution < 1.29 is 14.3 Å². The van der Waals surface area contributed by atoms with Crippen molar-refractivity contribution in [3.8, 4) is 6.07 Å². The van der Waals surface area contributed by atoms with Crippen molar-refractivity contribution in [3.63, 3.8) is 0 Å². The highest BCUT2D eigenvalue weighted by molar-refractivity contribution is 5.92. The molecule has 0 N–H and O–H groups in total. The molecule has 3 rings (SSSR count). The van der Waals surface area contributed by atoms with Crippen LogP contribution in [-0.2, 0) is 14.3 Å². The minimum atomic E-state index is -0.352. The van der Waals surface area contributed by atoms with E-state index in [1.165, 1.54) is 6.92 Å². The van der Waals surface area contributed by atoms with E-state index in [0.717, 1.165) is 24.8 Å². The Morgan fingerprint density at radius 1 is 1.44 bits per heavy atom. The normalized spacial score (nSPS) is 43.3. The third kappa shape index (κ3) is 3.03. The van der Waals surface area contributed by atoms with E-state index in [-0.39, 0.29) is 41.5 Å².